The van der Waals surface area contributed by atoms with Crippen LogP contribution in [0.1, 0.15) is 18.2 Å². The van der Waals surface area contributed by atoms with Gasteiger partial charge in [-0.25, -0.2) is 4.79 Å². The topological polar surface area (TPSA) is 117 Å². The van der Waals surface area contributed by atoms with Gasteiger partial charge < -0.3 is 14.9 Å². The van der Waals surface area contributed by atoms with Gasteiger partial charge in [0, 0.05) is 18.2 Å². The van der Waals surface area contributed by atoms with E-state index in [0.717, 1.165) is 0 Å². The van der Waals surface area contributed by atoms with Crippen LogP contribution in [0.25, 0.3) is 0 Å². The average Bonchev–Trinajstić information content (AvgIpc) is 2.75. The zero-order chi connectivity index (χ0) is 14.2. The maximum absolute atomic E-state index is 11.7. The van der Waals surface area contributed by atoms with Gasteiger partial charge in [0.15, 0.2) is 0 Å². The molecule has 106 valence electrons. The van der Waals surface area contributed by atoms with Crippen LogP contribution in [-0.2, 0) is 4.74 Å². The number of aromatic amines is 1. The van der Waals surface area contributed by atoms with Crippen LogP contribution >= 0.6 is 0 Å². The normalized spacial score (nSPS) is 28.5. The van der Waals surface area contributed by atoms with Crippen molar-refractivity contribution < 1.29 is 14.9 Å². The van der Waals surface area contributed by atoms with Crippen LogP contribution in [0.5, 0.6) is 0 Å². The van der Waals surface area contributed by atoms with E-state index in [2.05, 4.69) is 10.3 Å². The van der Waals surface area contributed by atoms with Gasteiger partial charge in [-0.1, -0.05) is 0 Å². The molecule has 0 amide bonds. The zero-order valence-corrected chi connectivity index (χ0v) is 10.7. The van der Waals surface area contributed by atoms with Gasteiger partial charge in [0.2, 0.25) is 0 Å². The fourth-order valence-electron chi connectivity index (χ4n) is 2.10. The molecule has 2 rings (SSSR count). The number of aromatic nitrogens is 2. The molecule has 0 saturated carbocycles. The van der Waals surface area contributed by atoms with Crippen LogP contribution in [0.2, 0.25) is 0 Å². The number of aliphatic hydroxyl groups is 2. The van der Waals surface area contributed by atoms with Gasteiger partial charge in [-0.3, -0.25) is 19.7 Å². The number of hydrogen-bond acceptors (Lipinski definition) is 6. The second-order valence-corrected chi connectivity index (χ2v) is 4.57. The van der Waals surface area contributed by atoms with E-state index in [4.69, 9.17) is 4.74 Å². The number of likely N-dealkylation sites (N-methyl/N-ethyl adjacent to an activating group) is 1. The monoisotopic (exact) mass is 271 g/mol. The molecule has 8 nitrogen and oxygen atoms in total. The van der Waals surface area contributed by atoms with E-state index < -0.39 is 35.9 Å². The molecule has 1 fully saturated rings. The van der Waals surface area contributed by atoms with Gasteiger partial charge in [0.25, 0.3) is 5.56 Å². The highest BCUT2D eigenvalue weighted by atomic mass is 16.5. The lowest BCUT2D eigenvalue weighted by atomic mass is 10.1. The molecule has 19 heavy (non-hydrogen) atoms. The first-order chi connectivity index (χ1) is 8.93. The highest BCUT2D eigenvalue weighted by Gasteiger charge is 2.39. The zero-order valence-electron chi connectivity index (χ0n) is 10.7. The number of ether oxygens (including phenoxy) is 1. The van der Waals surface area contributed by atoms with Gasteiger partial charge in [-0.15, -0.1) is 0 Å². The predicted octanol–water partition coefficient (Wildman–Crippen LogP) is -1.97. The van der Waals surface area contributed by atoms with E-state index in [0.29, 0.717) is 5.56 Å². The van der Waals surface area contributed by atoms with Crippen LogP contribution in [0.15, 0.2) is 15.8 Å². The van der Waals surface area contributed by atoms with E-state index in [-0.39, 0.29) is 6.42 Å². The maximum Gasteiger partial charge on any atom is 0.330 e. The second-order valence-electron chi connectivity index (χ2n) is 4.57. The third-order valence-corrected chi connectivity index (χ3v) is 3.20. The summed E-state index contributed by atoms with van der Waals surface area (Å²) in [7, 11) is 1.53. The van der Waals surface area contributed by atoms with Crippen LogP contribution in [-0.4, -0.2) is 45.2 Å². The number of hydrogen-bond donors (Lipinski definition) is 4. The van der Waals surface area contributed by atoms with Crippen molar-refractivity contribution in [3.05, 3.63) is 32.6 Å². The molecule has 0 spiro atoms. The predicted molar refractivity (Wildman–Crippen MR) is 65.7 cm³/mol. The van der Waals surface area contributed by atoms with Gasteiger partial charge in [0.05, 0.1) is 6.10 Å². The molecule has 4 atom stereocenters. The SMILES string of the molecule is CNC(O)[C@H]1O[C@@H](n2cc(C)c(=O)[nH]c2=O)C[C@@H]1O. The van der Waals surface area contributed by atoms with Crippen molar-refractivity contribution in [1.29, 1.82) is 0 Å². The maximum atomic E-state index is 11.7. The van der Waals surface area contributed by atoms with Crippen molar-refractivity contribution in [2.75, 3.05) is 7.05 Å². The molecule has 0 radical (unpaired) electrons. The first-order valence-electron chi connectivity index (χ1n) is 5.95. The lowest BCUT2D eigenvalue weighted by Crippen LogP contribution is -2.43. The standard InChI is InChI=1S/C11H17N3O5/c1-5-4-14(11(18)13-9(5)16)7-3-6(15)8(19-7)10(17)12-2/h4,6-8,10,12,15,17H,3H2,1-2H3,(H,13,16,18)/t6-,7+,8-,10?/m0/s1. The number of rotatable bonds is 3. The molecule has 1 saturated heterocycles. The molecule has 0 bridgehead atoms. The number of nitrogens with zero attached hydrogens (tertiary/aromatic N) is 1. The summed E-state index contributed by atoms with van der Waals surface area (Å²) >= 11 is 0. The summed E-state index contributed by atoms with van der Waals surface area (Å²) in [6, 6.07) is 0. The van der Waals surface area contributed by atoms with Crippen molar-refractivity contribution in [2.24, 2.45) is 0 Å². The Bertz CT molecular complexity index is 566. The highest BCUT2D eigenvalue weighted by Crippen LogP contribution is 2.28. The third-order valence-electron chi connectivity index (χ3n) is 3.20. The molecule has 2 heterocycles. The molecular formula is C11H17N3O5. The number of aryl methyl sites for hydroxylation is 1. The minimum Gasteiger partial charge on any atom is -0.390 e. The fourth-order valence-corrected chi connectivity index (χ4v) is 2.10. The Balaban J connectivity index is 2.28. The first-order valence-corrected chi connectivity index (χ1v) is 5.95. The smallest absolute Gasteiger partial charge is 0.330 e. The van der Waals surface area contributed by atoms with E-state index in [1.54, 1.807) is 6.92 Å². The van der Waals surface area contributed by atoms with Crippen LogP contribution in [0.4, 0.5) is 0 Å². The lowest BCUT2D eigenvalue weighted by molar-refractivity contribution is -0.0913. The summed E-state index contributed by atoms with van der Waals surface area (Å²) in [6.07, 6.45) is -1.92. The van der Waals surface area contributed by atoms with Crippen molar-refractivity contribution >= 4 is 0 Å². The Morgan fingerprint density at radius 2 is 2.26 bits per heavy atom. The molecule has 1 aromatic rings. The van der Waals surface area contributed by atoms with Crippen molar-refractivity contribution in [3.8, 4) is 0 Å². The molecule has 1 aliphatic rings. The Labute approximate surface area is 108 Å². The van der Waals surface area contributed by atoms with E-state index in [1.807, 2.05) is 0 Å². The molecule has 1 unspecified atom stereocenters. The largest absolute Gasteiger partial charge is 0.390 e. The Morgan fingerprint density at radius 3 is 2.89 bits per heavy atom. The van der Waals surface area contributed by atoms with Crippen LogP contribution in [0.3, 0.4) is 0 Å². The van der Waals surface area contributed by atoms with Crippen molar-refractivity contribution in [3.63, 3.8) is 0 Å². The number of aliphatic hydroxyl groups excluding tert-OH is 2. The summed E-state index contributed by atoms with van der Waals surface area (Å²) in [6.45, 7) is 1.57. The molecule has 1 aromatic heterocycles. The molecule has 0 aliphatic carbocycles. The van der Waals surface area contributed by atoms with Crippen LogP contribution in [0, 0.1) is 6.92 Å². The first kappa shape index (κ1) is 13.9. The summed E-state index contributed by atoms with van der Waals surface area (Å²) in [5.74, 6) is 0. The summed E-state index contributed by atoms with van der Waals surface area (Å²) < 4.78 is 6.68. The quantitative estimate of drug-likeness (QED) is 0.474. The highest BCUT2D eigenvalue weighted by molar-refractivity contribution is 5.02. The van der Waals surface area contributed by atoms with E-state index in [1.165, 1.54) is 17.8 Å². The number of nitrogens with one attached hydrogen (secondary N) is 2. The van der Waals surface area contributed by atoms with Crippen molar-refractivity contribution in [2.45, 2.75) is 38.0 Å². The molecule has 8 heteroatoms. The second kappa shape index (κ2) is 5.25. The Hall–Kier alpha value is -1.48. The van der Waals surface area contributed by atoms with Gasteiger partial charge >= 0.3 is 5.69 Å². The fraction of sp³-hybridized carbons (Fsp3) is 0.636. The summed E-state index contributed by atoms with van der Waals surface area (Å²) in [5.41, 5.74) is -0.686. The summed E-state index contributed by atoms with van der Waals surface area (Å²) in [5, 5.41) is 22.0. The Kier molecular flexibility index (Phi) is 3.85. The minimum absolute atomic E-state index is 0.162. The van der Waals surface area contributed by atoms with Crippen LogP contribution < -0.4 is 16.6 Å². The van der Waals surface area contributed by atoms with E-state index >= 15 is 0 Å². The summed E-state index contributed by atoms with van der Waals surface area (Å²) in [4.78, 5) is 25.1. The number of H-pyrrole nitrogens is 1. The Morgan fingerprint density at radius 1 is 1.58 bits per heavy atom. The average molecular weight is 271 g/mol. The van der Waals surface area contributed by atoms with Gasteiger partial charge in [-0.2, -0.15) is 0 Å². The molecular weight excluding hydrogens is 254 g/mol. The van der Waals surface area contributed by atoms with E-state index in [9.17, 15) is 19.8 Å². The minimum atomic E-state index is -1.03. The molecule has 4 N–H and O–H groups in total. The lowest BCUT2D eigenvalue weighted by Gasteiger charge is -2.20. The molecule has 1 aliphatic heterocycles. The molecule has 0 aromatic carbocycles. The van der Waals surface area contributed by atoms with Crippen molar-refractivity contribution in [1.82, 2.24) is 14.9 Å². The van der Waals surface area contributed by atoms with Gasteiger partial charge in [-0.05, 0) is 14.0 Å². The van der Waals surface area contributed by atoms with Gasteiger partial charge in [0.1, 0.15) is 18.6 Å². The third kappa shape index (κ3) is 2.61.